The van der Waals surface area contributed by atoms with E-state index in [1.54, 1.807) is 48.2 Å². The minimum atomic E-state index is -0.319. The van der Waals surface area contributed by atoms with Crippen LogP contribution < -0.4 is 10.1 Å². The number of hydrogen-bond acceptors (Lipinski definition) is 5. The van der Waals surface area contributed by atoms with Gasteiger partial charge in [0.25, 0.3) is 5.91 Å². The Bertz CT molecular complexity index is 1150. The number of methoxy groups -OCH3 is 1. The van der Waals surface area contributed by atoms with Gasteiger partial charge in [0.2, 0.25) is 5.13 Å². The molecule has 0 saturated carbocycles. The third-order valence-corrected chi connectivity index (χ3v) is 4.92. The Morgan fingerprint density at radius 3 is 2.89 bits per heavy atom. The number of carbonyl (C=O) groups excluding carboxylic acids is 1. The van der Waals surface area contributed by atoms with E-state index in [1.165, 1.54) is 23.5 Å². The molecule has 1 amide bonds. The van der Waals surface area contributed by atoms with Crippen molar-refractivity contribution in [1.29, 1.82) is 0 Å². The molecule has 0 aliphatic carbocycles. The monoisotopic (exact) mass is 382 g/mol. The molecule has 8 heteroatoms. The Hall–Kier alpha value is -3.26. The minimum absolute atomic E-state index is 0.290. The van der Waals surface area contributed by atoms with Crippen LogP contribution >= 0.6 is 11.3 Å². The summed E-state index contributed by atoms with van der Waals surface area (Å²) < 4.78 is 20.9. The number of halogens is 1. The molecule has 2 heterocycles. The highest BCUT2D eigenvalue weighted by atomic mass is 32.1. The van der Waals surface area contributed by atoms with Crippen LogP contribution in [-0.4, -0.2) is 27.8 Å². The molecule has 0 spiro atoms. The number of aromatic nitrogens is 3. The van der Waals surface area contributed by atoms with E-state index in [4.69, 9.17) is 4.74 Å². The minimum Gasteiger partial charge on any atom is -0.497 e. The van der Waals surface area contributed by atoms with Crippen molar-refractivity contribution in [3.05, 3.63) is 65.6 Å². The Balaban J connectivity index is 1.68. The maximum absolute atomic E-state index is 13.4. The van der Waals surface area contributed by atoms with Crippen LogP contribution in [0.5, 0.6) is 5.75 Å². The molecule has 1 N–H and O–H groups in total. The predicted octanol–water partition coefficient (Wildman–Crippen LogP) is 4.19. The van der Waals surface area contributed by atoms with Crippen molar-refractivity contribution in [3.63, 3.8) is 0 Å². The molecule has 4 rings (SSSR count). The standard InChI is InChI=1S/C19H15FN4O2S/c1-11-8-17(22-18(25)12-4-3-5-14(9-12)26-2)24(23-11)19-21-15-7-6-13(20)10-16(15)27-19/h3-10H,1-2H3,(H,22,25). The topological polar surface area (TPSA) is 69.0 Å². The molecule has 0 atom stereocenters. The van der Waals surface area contributed by atoms with Gasteiger partial charge in [-0.25, -0.2) is 9.37 Å². The number of thiazole rings is 1. The summed E-state index contributed by atoms with van der Waals surface area (Å²) in [6.45, 7) is 1.82. The van der Waals surface area contributed by atoms with E-state index in [1.807, 2.05) is 6.92 Å². The second-order valence-electron chi connectivity index (χ2n) is 5.88. The predicted molar refractivity (Wildman–Crippen MR) is 102 cm³/mol. The smallest absolute Gasteiger partial charge is 0.256 e. The van der Waals surface area contributed by atoms with Gasteiger partial charge in [-0.05, 0) is 43.3 Å². The maximum atomic E-state index is 13.4. The number of ether oxygens (including phenoxy) is 1. The number of hydrogen-bond donors (Lipinski definition) is 1. The summed E-state index contributed by atoms with van der Waals surface area (Å²) >= 11 is 1.30. The molecular weight excluding hydrogens is 367 g/mol. The van der Waals surface area contributed by atoms with Crippen LogP contribution in [0.25, 0.3) is 15.3 Å². The molecule has 0 fully saturated rings. The van der Waals surface area contributed by atoms with Crippen molar-refractivity contribution in [2.45, 2.75) is 6.92 Å². The fourth-order valence-corrected chi connectivity index (χ4v) is 3.62. The van der Waals surface area contributed by atoms with Gasteiger partial charge in [-0.3, -0.25) is 4.79 Å². The first-order chi connectivity index (χ1) is 13.0. The van der Waals surface area contributed by atoms with Gasteiger partial charge in [-0.15, -0.1) is 0 Å². The third kappa shape index (κ3) is 3.39. The van der Waals surface area contributed by atoms with E-state index < -0.39 is 0 Å². The number of anilines is 1. The number of carbonyl (C=O) groups is 1. The molecule has 0 radical (unpaired) electrons. The van der Waals surface area contributed by atoms with Crippen LogP contribution in [0, 0.1) is 12.7 Å². The first kappa shape index (κ1) is 17.2. The first-order valence-electron chi connectivity index (χ1n) is 8.12. The fraction of sp³-hybridized carbons (Fsp3) is 0.105. The summed E-state index contributed by atoms with van der Waals surface area (Å²) in [5.41, 5.74) is 1.86. The Morgan fingerprint density at radius 2 is 2.07 bits per heavy atom. The van der Waals surface area contributed by atoms with Gasteiger partial charge in [-0.2, -0.15) is 9.78 Å². The molecule has 6 nitrogen and oxygen atoms in total. The van der Waals surface area contributed by atoms with E-state index in [-0.39, 0.29) is 11.7 Å². The summed E-state index contributed by atoms with van der Waals surface area (Å²) in [5.74, 6) is 0.475. The van der Waals surface area contributed by atoms with Gasteiger partial charge >= 0.3 is 0 Å². The third-order valence-electron chi connectivity index (χ3n) is 3.93. The SMILES string of the molecule is COc1cccc(C(=O)Nc2cc(C)nn2-c2nc3ccc(F)cc3s2)c1. The molecule has 0 aliphatic rings. The number of nitrogens with one attached hydrogen (secondary N) is 1. The molecule has 0 unspecified atom stereocenters. The van der Waals surface area contributed by atoms with E-state index in [9.17, 15) is 9.18 Å². The van der Waals surface area contributed by atoms with Gasteiger partial charge in [0.05, 0.1) is 23.0 Å². The average Bonchev–Trinajstić information content (AvgIpc) is 3.24. The lowest BCUT2D eigenvalue weighted by atomic mass is 10.2. The van der Waals surface area contributed by atoms with Crippen molar-refractivity contribution in [2.75, 3.05) is 12.4 Å². The van der Waals surface area contributed by atoms with Gasteiger partial charge < -0.3 is 10.1 Å². The molecule has 136 valence electrons. The zero-order valence-corrected chi connectivity index (χ0v) is 15.4. The van der Waals surface area contributed by atoms with Crippen molar-refractivity contribution in [3.8, 4) is 10.9 Å². The van der Waals surface area contributed by atoms with Gasteiger partial charge in [0.1, 0.15) is 17.4 Å². The highest BCUT2D eigenvalue weighted by molar-refractivity contribution is 7.20. The average molecular weight is 382 g/mol. The number of nitrogens with zero attached hydrogens (tertiary/aromatic N) is 3. The number of amides is 1. The van der Waals surface area contributed by atoms with E-state index in [2.05, 4.69) is 15.4 Å². The van der Waals surface area contributed by atoms with Gasteiger partial charge in [-0.1, -0.05) is 17.4 Å². The quantitative estimate of drug-likeness (QED) is 0.575. The number of benzene rings is 2. The molecule has 27 heavy (non-hydrogen) atoms. The lowest BCUT2D eigenvalue weighted by Crippen LogP contribution is -2.15. The molecular formula is C19H15FN4O2S. The van der Waals surface area contributed by atoms with Crippen LogP contribution in [-0.2, 0) is 0 Å². The highest BCUT2D eigenvalue weighted by Gasteiger charge is 2.16. The van der Waals surface area contributed by atoms with Crippen molar-refractivity contribution < 1.29 is 13.9 Å². The zero-order chi connectivity index (χ0) is 19.0. The molecule has 0 bridgehead atoms. The lowest BCUT2D eigenvalue weighted by Gasteiger charge is -2.07. The van der Waals surface area contributed by atoms with Gasteiger partial charge in [0, 0.05) is 11.6 Å². The fourth-order valence-electron chi connectivity index (χ4n) is 2.66. The summed E-state index contributed by atoms with van der Waals surface area (Å²) in [6.07, 6.45) is 0. The zero-order valence-electron chi connectivity index (χ0n) is 14.6. The van der Waals surface area contributed by atoms with Crippen LogP contribution in [0.2, 0.25) is 0 Å². The first-order valence-corrected chi connectivity index (χ1v) is 8.94. The van der Waals surface area contributed by atoms with Crippen molar-refractivity contribution in [2.24, 2.45) is 0 Å². The number of rotatable bonds is 4. The van der Waals surface area contributed by atoms with Crippen molar-refractivity contribution >= 4 is 33.3 Å². The Morgan fingerprint density at radius 1 is 1.22 bits per heavy atom. The second kappa shape index (κ2) is 6.81. The molecule has 4 aromatic rings. The summed E-state index contributed by atoms with van der Waals surface area (Å²) in [6, 6.07) is 13.0. The lowest BCUT2D eigenvalue weighted by molar-refractivity contribution is 0.102. The van der Waals surface area contributed by atoms with Crippen LogP contribution in [0.1, 0.15) is 16.1 Å². The van der Waals surface area contributed by atoms with Gasteiger partial charge in [0.15, 0.2) is 0 Å². The van der Waals surface area contributed by atoms with Crippen LogP contribution in [0.15, 0.2) is 48.5 Å². The second-order valence-corrected chi connectivity index (χ2v) is 6.89. The Labute approximate surface area is 158 Å². The van der Waals surface area contributed by atoms with E-state index in [0.29, 0.717) is 32.5 Å². The Kier molecular flexibility index (Phi) is 4.33. The van der Waals surface area contributed by atoms with Crippen LogP contribution in [0.3, 0.4) is 0 Å². The number of aryl methyl sites for hydroxylation is 1. The molecule has 0 saturated heterocycles. The summed E-state index contributed by atoms with van der Waals surface area (Å²) in [5, 5.41) is 7.81. The van der Waals surface area contributed by atoms with E-state index >= 15 is 0 Å². The molecule has 0 aliphatic heterocycles. The summed E-state index contributed by atoms with van der Waals surface area (Å²) in [4.78, 5) is 17.1. The normalized spacial score (nSPS) is 10.9. The largest absolute Gasteiger partial charge is 0.497 e. The highest BCUT2D eigenvalue weighted by Crippen LogP contribution is 2.28. The maximum Gasteiger partial charge on any atom is 0.256 e. The summed E-state index contributed by atoms with van der Waals surface area (Å²) in [7, 11) is 1.55. The van der Waals surface area contributed by atoms with Crippen LogP contribution in [0.4, 0.5) is 10.2 Å². The van der Waals surface area contributed by atoms with Crippen molar-refractivity contribution in [1.82, 2.24) is 14.8 Å². The molecule has 2 aromatic heterocycles. The number of fused-ring (bicyclic) bond motifs is 1. The molecule has 2 aromatic carbocycles. The van der Waals surface area contributed by atoms with E-state index in [0.717, 1.165) is 5.69 Å².